The number of nitrogens with zero attached hydrogens (tertiary/aromatic N) is 2. The van der Waals surface area contributed by atoms with E-state index in [0.717, 1.165) is 30.9 Å². The molecule has 3 rings (SSSR count). The summed E-state index contributed by atoms with van der Waals surface area (Å²) in [4.78, 5) is 4.36. The fourth-order valence-electron chi connectivity index (χ4n) is 3.00. The lowest BCUT2D eigenvalue weighted by Crippen LogP contribution is -2.53. The highest BCUT2D eigenvalue weighted by molar-refractivity contribution is 5.72. The van der Waals surface area contributed by atoms with E-state index in [-0.39, 0.29) is 17.8 Å². The largest absolute Gasteiger partial charge is 0.396 e. The zero-order chi connectivity index (χ0) is 14.2. The van der Waals surface area contributed by atoms with Crippen molar-refractivity contribution in [1.82, 2.24) is 0 Å². The lowest BCUT2D eigenvalue weighted by atomic mass is 9.86. The van der Waals surface area contributed by atoms with Gasteiger partial charge in [0.25, 0.3) is 0 Å². The second-order valence-electron chi connectivity index (χ2n) is 5.98. The summed E-state index contributed by atoms with van der Waals surface area (Å²) in [5.74, 6) is -0.216. The SMILES string of the molecule is CN1CCCN(CC2(CO)COC2)c2cc(F)ccc21. The third-order valence-corrected chi connectivity index (χ3v) is 4.29. The Morgan fingerprint density at radius 2 is 2.10 bits per heavy atom. The first-order chi connectivity index (χ1) is 9.63. The van der Waals surface area contributed by atoms with E-state index in [1.54, 1.807) is 6.07 Å². The fraction of sp³-hybridized carbons (Fsp3) is 0.600. The second kappa shape index (κ2) is 5.22. The Morgan fingerprint density at radius 1 is 1.30 bits per heavy atom. The van der Waals surface area contributed by atoms with E-state index in [2.05, 4.69) is 9.80 Å². The van der Waals surface area contributed by atoms with Gasteiger partial charge in [0.1, 0.15) is 5.82 Å². The lowest BCUT2D eigenvalue weighted by molar-refractivity contribution is -0.131. The van der Waals surface area contributed by atoms with E-state index in [1.165, 1.54) is 6.07 Å². The Morgan fingerprint density at radius 3 is 2.75 bits per heavy atom. The Kier molecular flexibility index (Phi) is 3.56. The van der Waals surface area contributed by atoms with Gasteiger partial charge >= 0.3 is 0 Å². The molecule has 0 aliphatic carbocycles. The van der Waals surface area contributed by atoms with Crippen molar-refractivity contribution in [1.29, 1.82) is 0 Å². The van der Waals surface area contributed by atoms with Crippen LogP contribution in [0.4, 0.5) is 15.8 Å². The number of benzene rings is 1. The maximum absolute atomic E-state index is 13.6. The van der Waals surface area contributed by atoms with Crippen LogP contribution >= 0.6 is 0 Å². The van der Waals surface area contributed by atoms with Crippen LogP contribution in [0.1, 0.15) is 6.42 Å². The van der Waals surface area contributed by atoms with E-state index in [4.69, 9.17) is 4.74 Å². The summed E-state index contributed by atoms with van der Waals surface area (Å²) in [6, 6.07) is 4.95. The molecular formula is C15H21FN2O2. The molecule has 1 aromatic rings. The third kappa shape index (κ3) is 2.36. The summed E-state index contributed by atoms with van der Waals surface area (Å²) in [6.45, 7) is 3.83. The molecule has 110 valence electrons. The number of aliphatic hydroxyl groups excluding tert-OH is 1. The molecule has 0 aromatic heterocycles. The van der Waals surface area contributed by atoms with Gasteiger partial charge in [-0.05, 0) is 24.6 Å². The topological polar surface area (TPSA) is 35.9 Å². The van der Waals surface area contributed by atoms with Gasteiger partial charge in [0.2, 0.25) is 0 Å². The Bertz CT molecular complexity index is 485. The summed E-state index contributed by atoms with van der Waals surface area (Å²) < 4.78 is 18.9. The standard InChI is InChI=1S/C15H21FN2O2/c1-17-5-2-6-18(8-15(9-19)10-20-11-15)14-7-12(16)3-4-13(14)17/h3-4,7,19H,2,5-6,8-11H2,1H3. The molecule has 2 aliphatic heterocycles. The summed E-state index contributed by atoms with van der Waals surface area (Å²) >= 11 is 0. The van der Waals surface area contributed by atoms with Crippen LogP contribution in [-0.4, -0.2) is 51.6 Å². The summed E-state index contributed by atoms with van der Waals surface area (Å²) in [5.41, 5.74) is 1.79. The molecular weight excluding hydrogens is 259 g/mol. The van der Waals surface area contributed by atoms with Crippen LogP contribution in [0.2, 0.25) is 0 Å². The van der Waals surface area contributed by atoms with Gasteiger partial charge in [-0.2, -0.15) is 0 Å². The first-order valence-corrected chi connectivity index (χ1v) is 7.08. The minimum Gasteiger partial charge on any atom is -0.396 e. The quantitative estimate of drug-likeness (QED) is 0.910. The van der Waals surface area contributed by atoms with Crippen molar-refractivity contribution in [3.63, 3.8) is 0 Å². The number of anilines is 2. The molecule has 2 heterocycles. The van der Waals surface area contributed by atoms with Crippen molar-refractivity contribution >= 4 is 11.4 Å². The third-order valence-electron chi connectivity index (χ3n) is 4.29. The molecule has 0 bridgehead atoms. The second-order valence-corrected chi connectivity index (χ2v) is 5.98. The van der Waals surface area contributed by atoms with Crippen LogP contribution in [0.3, 0.4) is 0 Å². The lowest BCUT2D eigenvalue weighted by Gasteiger charge is -2.44. The molecule has 0 atom stereocenters. The monoisotopic (exact) mass is 280 g/mol. The highest BCUT2D eigenvalue weighted by atomic mass is 19.1. The normalized spacial score (nSPS) is 21.1. The average Bonchev–Trinajstić information content (AvgIpc) is 2.54. The molecule has 1 N–H and O–H groups in total. The Labute approximate surface area is 118 Å². The zero-order valence-corrected chi connectivity index (χ0v) is 11.8. The minimum atomic E-state index is -0.216. The van der Waals surface area contributed by atoms with E-state index < -0.39 is 0 Å². The molecule has 1 fully saturated rings. The highest BCUT2D eigenvalue weighted by Crippen LogP contribution is 2.36. The van der Waals surface area contributed by atoms with E-state index >= 15 is 0 Å². The number of fused-ring (bicyclic) bond motifs is 1. The van der Waals surface area contributed by atoms with Crippen molar-refractivity contribution in [2.24, 2.45) is 5.41 Å². The summed E-state index contributed by atoms with van der Waals surface area (Å²) in [7, 11) is 2.04. The Balaban J connectivity index is 1.91. The van der Waals surface area contributed by atoms with Gasteiger partial charge in [0.05, 0.1) is 36.6 Å². The molecule has 1 aromatic carbocycles. The Hall–Kier alpha value is -1.33. The molecule has 0 radical (unpaired) electrons. The highest BCUT2D eigenvalue weighted by Gasteiger charge is 2.40. The van der Waals surface area contributed by atoms with Gasteiger partial charge < -0.3 is 19.6 Å². The molecule has 4 nitrogen and oxygen atoms in total. The van der Waals surface area contributed by atoms with E-state index in [9.17, 15) is 9.50 Å². The molecule has 2 aliphatic rings. The first kappa shape index (κ1) is 13.6. The number of aliphatic hydroxyl groups is 1. The first-order valence-electron chi connectivity index (χ1n) is 7.08. The van der Waals surface area contributed by atoms with Crippen LogP contribution < -0.4 is 9.80 Å². The molecule has 0 saturated carbocycles. The summed E-state index contributed by atoms with van der Waals surface area (Å²) in [6.07, 6.45) is 1.02. The van der Waals surface area contributed by atoms with Crippen molar-refractivity contribution in [2.45, 2.75) is 6.42 Å². The average molecular weight is 280 g/mol. The van der Waals surface area contributed by atoms with Gasteiger partial charge in [-0.25, -0.2) is 4.39 Å². The molecule has 0 unspecified atom stereocenters. The molecule has 0 spiro atoms. The van der Waals surface area contributed by atoms with Crippen LogP contribution in [0.25, 0.3) is 0 Å². The predicted molar refractivity (Wildman–Crippen MR) is 76.8 cm³/mol. The van der Waals surface area contributed by atoms with Crippen LogP contribution in [0.15, 0.2) is 18.2 Å². The van der Waals surface area contributed by atoms with Gasteiger partial charge in [0, 0.05) is 26.7 Å². The van der Waals surface area contributed by atoms with Crippen LogP contribution in [0.5, 0.6) is 0 Å². The zero-order valence-electron chi connectivity index (χ0n) is 11.8. The number of halogens is 1. The fourth-order valence-corrected chi connectivity index (χ4v) is 3.00. The van der Waals surface area contributed by atoms with Gasteiger partial charge in [0.15, 0.2) is 0 Å². The van der Waals surface area contributed by atoms with Crippen LogP contribution in [0, 0.1) is 11.2 Å². The van der Waals surface area contributed by atoms with E-state index in [1.807, 2.05) is 13.1 Å². The smallest absolute Gasteiger partial charge is 0.125 e. The van der Waals surface area contributed by atoms with Crippen molar-refractivity contribution in [3.8, 4) is 0 Å². The maximum Gasteiger partial charge on any atom is 0.125 e. The van der Waals surface area contributed by atoms with Crippen molar-refractivity contribution in [2.75, 3.05) is 56.3 Å². The van der Waals surface area contributed by atoms with Gasteiger partial charge in [-0.3, -0.25) is 0 Å². The van der Waals surface area contributed by atoms with Gasteiger partial charge in [-0.15, -0.1) is 0 Å². The minimum absolute atomic E-state index is 0.115. The molecule has 5 heteroatoms. The van der Waals surface area contributed by atoms with Crippen LogP contribution in [-0.2, 0) is 4.74 Å². The number of hydrogen-bond donors (Lipinski definition) is 1. The summed E-state index contributed by atoms with van der Waals surface area (Å²) in [5, 5.41) is 9.60. The molecule has 20 heavy (non-hydrogen) atoms. The van der Waals surface area contributed by atoms with Gasteiger partial charge in [-0.1, -0.05) is 0 Å². The number of rotatable bonds is 3. The number of ether oxygens (including phenoxy) is 1. The van der Waals surface area contributed by atoms with Crippen molar-refractivity contribution < 1.29 is 14.2 Å². The predicted octanol–water partition coefficient (Wildman–Crippen LogP) is 1.48. The molecule has 0 amide bonds. The van der Waals surface area contributed by atoms with E-state index in [0.29, 0.717) is 19.8 Å². The molecule has 1 saturated heterocycles. The number of hydrogen-bond acceptors (Lipinski definition) is 4. The maximum atomic E-state index is 13.6. The van der Waals surface area contributed by atoms with Crippen molar-refractivity contribution in [3.05, 3.63) is 24.0 Å².